The van der Waals surface area contributed by atoms with Crippen molar-refractivity contribution in [3.8, 4) is 0 Å². The molecule has 2 atom stereocenters. The highest BCUT2D eigenvalue weighted by molar-refractivity contribution is 5.94. The largest absolute Gasteiger partial charge is 0.337 e. The fraction of sp³-hybridized carbons (Fsp3) is 0.600. The van der Waals surface area contributed by atoms with Crippen LogP contribution in [0.15, 0.2) is 23.1 Å². The number of carbonyl (C=O) groups is 1. The third kappa shape index (κ3) is 2.26. The summed E-state index contributed by atoms with van der Waals surface area (Å²) >= 11 is 0. The van der Waals surface area contributed by atoms with E-state index >= 15 is 0 Å². The number of likely N-dealkylation sites (tertiary alicyclic amines) is 1. The second-order valence-electron chi connectivity index (χ2n) is 5.95. The van der Waals surface area contributed by atoms with Gasteiger partial charge < -0.3 is 9.47 Å². The van der Waals surface area contributed by atoms with Gasteiger partial charge in [0.1, 0.15) is 0 Å². The summed E-state index contributed by atoms with van der Waals surface area (Å²) in [6.45, 7) is 1.57. The van der Waals surface area contributed by atoms with Gasteiger partial charge in [-0.05, 0) is 32.4 Å². The Balaban J connectivity index is 1.80. The summed E-state index contributed by atoms with van der Waals surface area (Å²) in [6.07, 6.45) is 5.10. The van der Waals surface area contributed by atoms with Crippen molar-refractivity contribution in [2.75, 3.05) is 20.1 Å². The van der Waals surface area contributed by atoms with Crippen molar-refractivity contribution in [1.82, 2.24) is 14.4 Å². The molecule has 108 valence electrons. The summed E-state index contributed by atoms with van der Waals surface area (Å²) in [7, 11) is 3.85. The molecule has 5 heteroatoms. The number of pyridine rings is 1. The van der Waals surface area contributed by atoms with Gasteiger partial charge >= 0.3 is 0 Å². The molecule has 0 N–H and O–H groups in total. The average molecular weight is 275 g/mol. The number of carbonyl (C=O) groups excluding carboxylic acids is 1. The van der Waals surface area contributed by atoms with Crippen LogP contribution in [0.5, 0.6) is 0 Å². The summed E-state index contributed by atoms with van der Waals surface area (Å²) in [5.74, 6) is -0.0105. The Kier molecular flexibility index (Phi) is 3.38. The topological polar surface area (TPSA) is 45.5 Å². The van der Waals surface area contributed by atoms with Gasteiger partial charge in [-0.1, -0.05) is 0 Å². The maximum absolute atomic E-state index is 12.6. The monoisotopic (exact) mass is 275 g/mol. The van der Waals surface area contributed by atoms with Crippen LogP contribution >= 0.6 is 0 Å². The lowest BCUT2D eigenvalue weighted by Gasteiger charge is -2.25. The molecule has 2 unspecified atom stereocenters. The zero-order valence-corrected chi connectivity index (χ0v) is 12.1. The molecule has 1 aromatic rings. The third-order valence-electron chi connectivity index (χ3n) is 4.79. The molecule has 2 bridgehead atoms. The molecular weight excluding hydrogens is 254 g/mol. The summed E-state index contributed by atoms with van der Waals surface area (Å²) < 4.78 is 1.48. The van der Waals surface area contributed by atoms with Crippen LogP contribution in [0.4, 0.5) is 0 Å². The molecule has 3 heterocycles. The van der Waals surface area contributed by atoms with E-state index in [1.165, 1.54) is 23.5 Å². The van der Waals surface area contributed by atoms with E-state index in [1.807, 2.05) is 4.90 Å². The smallest absolute Gasteiger partial charge is 0.254 e. The Morgan fingerprint density at radius 2 is 1.95 bits per heavy atom. The van der Waals surface area contributed by atoms with Gasteiger partial charge in [0, 0.05) is 50.0 Å². The molecule has 3 rings (SSSR count). The molecule has 0 saturated carbocycles. The normalized spacial score (nSPS) is 26.6. The Hall–Kier alpha value is -1.62. The number of fused-ring (bicyclic) bond motifs is 2. The van der Waals surface area contributed by atoms with Crippen molar-refractivity contribution in [2.24, 2.45) is 7.05 Å². The molecule has 5 nitrogen and oxygen atoms in total. The molecule has 2 aliphatic rings. The van der Waals surface area contributed by atoms with Crippen molar-refractivity contribution in [3.05, 3.63) is 34.2 Å². The molecule has 0 aliphatic carbocycles. The number of amides is 1. The molecule has 1 aromatic heterocycles. The van der Waals surface area contributed by atoms with Crippen LogP contribution in [0.1, 0.15) is 29.6 Å². The second-order valence-corrected chi connectivity index (χ2v) is 5.95. The van der Waals surface area contributed by atoms with Crippen LogP contribution in [0, 0.1) is 0 Å². The van der Waals surface area contributed by atoms with Gasteiger partial charge in [-0.25, -0.2) is 0 Å². The molecule has 0 radical (unpaired) electrons. The Labute approximate surface area is 118 Å². The average Bonchev–Trinajstić information content (AvgIpc) is 2.66. The van der Waals surface area contributed by atoms with Crippen LogP contribution in [0.25, 0.3) is 0 Å². The SMILES string of the molecule is CN1C2CCC1CN(C(=O)c1ccn(C)c(=O)c1)CC2. The van der Waals surface area contributed by atoms with Gasteiger partial charge in [-0.3, -0.25) is 14.5 Å². The lowest BCUT2D eigenvalue weighted by atomic mass is 10.1. The van der Waals surface area contributed by atoms with Gasteiger partial charge in [-0.15, -0.1) is 0 Å². The highest BCUT2D eigenvalue weighted by Gasteiger charge is 2.36. The lowest BCUT2D eigenvalue weighted by Crippen LogP contribution is -2.40. The Morgan fingerprint density at radius 1 is 1.20 bits per heavy atom. The van der Waals surface area contributed by atoms with E-state index < -0.39 is 0 Å². The van der Waals surface area contributed by atoms with Gasteiger partial charge in [0.15, 0.2) is 0 Å². The van der Waals surface area contributed by atoms with Crippen LogP contribution in [0.3, 0.4) is 0 Å². The van der Waals surface area contributed by atoms with Crippen LogP contribution in [-0.4, -0.2) is 52.5 Å². The fourth-order valence-electron chi connectivity index (χ4n) is 3.36. The zero-order valence-electron chi connectivity index (χ0n) is 12.1. The molecule has 1 amide bonds. The minimum Gasteiger partial charge on any atom is -0.337 e. The van der Waals surface area contributed by atoms with Crippen LogP contribution < -0.4 is 5.56 Å². The molecule has 0 spiro atoms. The van der Waals surface area contributed by atoms with E-state index in [0.29, 0.717) is 17.6 Å². The van der Waals surface area contributed by atoms with Gasteiger partial charge in [0.25, 0.3) is 11.5 Å². The van der Waals surface area contributed by atoms with E-state index in [9.17, 15) is 9.59 Å². The maximum Gasteiger partial charge on any atom is 0.254 e. The summed E-state index contributed by atoms with van der Waals surface area (Å²) in [6, 6.07) is 4.26. The third-order valence-corrected chi connectivity index (χ3v) is 4.79. The van der Waals surface area contributed by atoms with E-state index in [1.54, 1.807) is 19.3 Å². The number of hydrogen-bond acceptors (Lipinski definition) is 3. The van der Waals surface area contributed by atoms with Crippen molar-refractivity contribution in [3.63, 3.8) is 0 Å². The molecule has 2 saturated heterocycles. The summed E-state index contributed by atoms with van der Waals surface area (Å²) in [5.41, 5.74) is 0.373. The first kappa shape index (κ1) is 13.4. The van der Waals surface area contributed by atoms with Gasteiger partial charge in [0.05, 0.1) is 0 Å². The van der Waals surface area contributed by atoms with Gasteiger partial charge in [0.2, 0.25) is 0 Å². The van der Waals surface area contributed by atoms with E-state index in [2.05, 4.69) is 11.9 Å². The minimum absolute atomic E-state index is 0.0105. The van der Waals surface area contributed by atoms with Crippen LogP contribution in [-0.2, 0) is 7.05 Å². The molecule has 2 aliphatic heterocycles. The van der Waals surface area contributed by atoms with E-state index in [-0.39, 0.29) is 11.5 Å². The van der Waals surface area contributed by atoms with Crippen molar-refractivity contribution >= 4 is 5.91 Å². The molecule has 2 fully saturated rings. The molecule has 0 aromatic carbocycles. The predicted octanol–water partition coefficient (Wildman–Crippen LogP) is 0.694. The quantitative estimate of drug-likeness (QED) is 0.757. The number of aryl methyl sites for hydroxylation is 1. The standard InChI is InChI=1S/C15H21N3O2/c1-16-7-5-11(9-14(16)19)15(20)18-8-6-12-3-4-13(10-18)17(12)2/h5,7,9,12-13H,3-4,6,8,10H2,1-2H3. The Morgan fingerprint density at radius 3 is 2.70 bits per heavy atom. The minimum atomic E-state index is -0.135. The number of aromatic nitrogens is 1. The first-order chi connectivity index (χ1) is 9.56. The predicted molar refractivity (Wildman–Crippen MR) is 76.8 cm³/mol. The first-order valence-corrected chi connectivity index (χ1v) is 7.24. The molecular formula is C15H21N3O2. The number of likely N-dealkylation sites (N-methyl/N-ethyl adjacent to an activating group) is 1. The summed E-state index contributed by atoms with van der Waals surface area (Å²) in [5, 5.41) is 0. The maximum atomic E-state index is 12.6. The highest BCUT2D eigenvalue weighted by Crippen LogP contribution is 2.28. The highest BCUT2D eigenvalue weighted by atomic mass is 16.2. The zero-order chi connectivity index (χ0) is 14.3. The number of rotatable bonds is 1. The van der Waals surface area contributed by atoms with E-state index in [0.717, 1.165) is 19.5 Å². The number of hydrogen-bond donors (Lipinski definition) is 0. The van der Waals surface area contributed by atoms with Crippen molar-refractivity contribution in [1.29, 1.82) is 0 Å². The first-order valence-electron chi connectivity index (χ1n) is 7.24. The Bertz CT molecular complexity index is 581. The van der Waals surface area contributed by atoms with E-state index in [4.69, 9.17) is 0 Å². The van der Waals surface area contributed by atoms with Crippen molar-refractivity contribution < 1.29 is 4.79 Å². The van der Waals surface area contributed by atoms with Gasteiger partial charge in [-0.2, -0.15) is 0 Å². The lowest BCUT2D eigenvalue weighted by molar-refractivity contribution is 0.0740. The summed E-state index contributed by atoms with van der Waals surface area (Å²) in [4.78, 5) is 28.5. The van der Waals surface area contributed by atoms with Crippen LogP contribution in [0.2, 0.25) is 0 Å². The number of nitrogens with zero attached hydrogens (tertiary/aromatic N) is 3. The second kappa shape index (κ2) is 5.05. The fourth-order valence-corrected chi connectivity index (χ4v) is 3.36. The van der Waals surface area contributed by atoms with Crippen molar-refractivity contribution in [2.45, 2.75) is 31.3 Å². The molecule has 20 heavy (non-hydrogen) atoms.